The molecule has 194 valence electrons. The maximum Gasteiger partial charge on any atom is 0.333 e. The number of hydrogen-bond acceptors (Lipinski definition) is 7. The number of nitrogens with zero attached hydrogens (tertiary/aromatic N) is 1. The van der Waals surface area contributed by atoms with Gasteiger partial charge in [0.2, 0.25) is 5.91 Å². The van der Waals surface area contributed by atoms with Crippen molar-refractivity contribution in [1.82, 2.24) is 10.6 Å². The van der Waals surface area contributed by atoms with Crippen LogP contribution in [-0.4, -0.2) is 75.0 Å². The fourth-order valence-electron chi connectivity index (χ4n) is 3.44. The highest BCUT2D eigenvalue weighted by atomic mass is 16.5. The Morgan fingerprint density at radius 2 is 1.76 bits per heavy atom. The van der Waals surface area contributed by atoms with E-state index in [9.17, 15) is 24.3 Å². The van der Waals surface area contributed by atoms with E-state index >= 15 is 0 Å². The molecule has 0 bridgehead atoms. The lowest BCUT2D eigenvalue weighted by molar-refractivity contribution is -0.915. The minimum absolute atomic E-state index is 0.00699. The fraction of sp³-hybridized carbons (Fsp3) is 0.680. The predicted octanol–water partition coefficient (Wildman–Crippen LogP) is 1.23. The van der Waals surface area contributed by atoms with E-state index in [1.807, 2.05) is 14.1 Å². The van der Waals surface area contributed by atoms with Gasteiger partial charge in [0.1, 0.15) is 6.29 Å². The minimum Gasteiger partial charge on any atom is -0.550 e. The summed E-state index contributed by atoms with van der Waals surface area (Å²) in [5, 5.41) is 17.1. The van der Waals surface area contributed by atoms with E-state index in [4.69, 9.17) is 4.74 Å². The van der Waals surface area contributed by atoms with E-state index in [-0.39, 0.29) is 25.0 Å². The summed E-state index contributed by atoms with van der Waals surface area (Å²) in [5.74, 6) is -1.64. The zero-order valence-corrected chi connectivity index (χ0v) is 21.3. The molecule has 0 saturated heterocycles. The van der Waals surface area contributed by atoms with Gasteiger partial charge in [-0.25, -0.2) is 4.79 Å². The van der Waals surface area contributed by atoms with Crippen LogP contribution in [0, 0.1) is 0 Å². The van der Waals surface area contributed by atoms with Crippen LogP contribution in [0.5, 0.6) is 0 Å². The summed E-state index contributed by atoms with van der Waals surface area (Å²) in [6, 6.07) is -0.0718. The smallest absolute Gasteiger partial charge is 0.333 e. The zero-order valence-electron chi connectivity index (χ0n) is 21.3. The fourth-order valence-corrected chi connectivity index (χ4v) is 3.44. The molecule has 1 amide bonds. The molecule has 9 heteroatoms. The van der Waals surface area contributed by atoms with E-state index in [1.54, 1.807) is 20.0 Å². The SMILES string of the molecule is C=C(C)C(=O)OCCCNC=C(C)C(=O)NCCC[N+](C)(C)C(CCCCCC=O)CC(=O)[O-]. The van der Waals surface area contributed by atoms with Crippen LogP contribution in [0.25, 0.3) is 0 Å². The average Bonchev–Trinajstić information content (AvgIpc) is 2.77. The van der Waals surface area contributed by atoms with E-state index in [2.05, 4.69) is 17.2 Å². The van der Waals surface area contributed by atoms with Gasteiger partial charge in [-0.05, 0) is 39.5 Å². The van der Waals surface area contributed by atoms with Gasteiger partial charge < -0.3 is 34.5 Å². The third kappa shape index (κ3) is 15.2. The molecule has 0 rings (SSSR count). The van der Waals surface area contributed by atoms with Crippen LogP contribution in [0.1, 0.15) is 65.2 Å². The van der Waals surface area contributed by atoms with Gasteiger partial charge in [0.25, 0.3) is 0 Å². The van der Waals surface area contributed by atoms with Gasteiger partial charge in [-0.15, -0.1) is 0 Å². The molecule has 0 aromatic rings. The van der Waals surface area contributed by atoms with E-state index < -0.39 is 11.9 Å². The quantitative estimate of drug-likeness (QED) is 0.0881. The number of carboxylic acid groups (broad SMARTS) is 1. The molecule has 2 N–H and O–H groups in total. The highest BCUT2D eigenvalue weighted by Gasteiger charge is 2.27. The Labute approximate surface area is 204 Å². The van der Waals surface area contributed by atoms with Crippen LogP contribution in [-0.2, 0) is 23.9 Å². The van der Waals surface area contributed by atoms with E-state index in [0.717, 1.165) is 38.5 Å². The molecule has 0 aromatic heterocycles. The lowest BCUT2D eigenvalue weighted by Gasteiger charge is -2.39. The molecule has 0 aliphatic carbocycles. The normalized spacial score (nSPS) is 12.5. The van der Waals surface area contributed by atoms with Crippen molar-refractivity contribution in [3.05, 3.63) is 23.9 Å². The van der Waals surface area contributed by atoms with Crippen LogP contribution < -0.4 is 15.7 Å². The van der Waals surface area contributed by atoms with Crippen LogP contribution in [0.15, 0.2) is 23.9 Å². The summed E-state index contributed by atoms with van der Waals surface area (Å²) >= 11 is 0. The molecule has 0 aliphatic heterocycles. The molecule has 0 saturated carbocycles. The van der Waals surface area contributed by atoms with Gasteiger partial charge in [-0.1, -0.05) is 13.0 Å². The first kappa shape index (κ1) is 31.3. The molecule has 9 nitrogen and oxygen atoms in total. The van der Waals surface area contributed by atoms with Gasteiger partial charge in [0.05, 0.1) is 33.3 Å². The summed E-state index contributed by atoms with van der Waals surface area (Å²) in [6.45, 7) is 8.87. The Morgan fingerprint density at radius 1 is 1.06 bits per heavy atom. The number of esters is 1. The van der Waals surface area contributed by atoms with Crippen LogP contribution in [0.2, 0.25) is 0 Å². The lowest BCUT2D eigenvalue weighted by atomic mass is 10.0. The minimum atomic E-state index is -1.06. The van der Waals surface area contributed by atoms with Crippen molar-refractivity contribution in [1.29, 1.82) is 0 Å². The van der Waals surface area contributed by atoms with Crippen molar-refractivity contribution in [3.63, 3.8) is 0 Å². The molecule has 0 heterocycles. The standard InChI is InChI=1S/C25H43N3O6/c1-20(2)25(33)34-17-11-13-26-19-21(3)24(32)27-14-10-15-28(4,5)22(18-23(30)31)12-8-6-7-9-16-29/h16,19,22H,1,6-15,17-18H2,2-5H3,(H2-,26,27,30,31,32). The van der Waals surface area contributed by atoms with Crippen molar-refractivity contribution < 1.29 is 33.5 Å². The number of amides is 1. The topological polar surface area (TPSA) is 125 Å². The number of ether oxygens (including phenoxy) is 1. The lowest BCUT2D eigenvalue weighted by Crippen LogP contribution is -2.52. The van der Waals surface area contributed by atoms with Gasteiger partial charge >= 0.3 is 5.97 Å². The average molecular weight is 482 g/mol. The largest absolute Gasteiger partial charge is 0.550 e. The Balaban J connectivity index is 4.31. The number of nitrogens with one attached hydrogen (secondary N) is 2. The molecule has 0 aliphatic rings. The van der Waals surface area contributed by atoms with Crippen LogP contribution >= 0.6 is 0 Å². The Morgan fingerprint density at radius 3 is 2.38 bits per heavy atom. The van der Waals surface area contributed by atoms with E-state index in [0.29, 0.717) is 48.0 Å². The van der Waals surface area contributed by atoms with Crippen LogP contribution in [0.4, 0.5) is 0 Å². The maximum absolute atomic E-state index is 12.2. The first-order chi connectivity index (χ1) is 16.0. The number of aldehydes is 1. The summed E-state index contributed by atoms with van der Waals surface area (Å²) in [6.07, 6.45) is 7.75. The number of aliphatic carboxylic acids is 1. The number of hydrogen-bond donors (Lipinski definition) is 2. The monoisotopic (exact) mass is 481 g/mol. The second-order valence-corrected chi connectivity index (χ2v) is 9.20. The van der Waals surface area contributed by atoms with Crippen molar-refractivity contribution in [2.45, 2.75) is 71.3 Å². The summed E-state index contributed by atoms with van der Waals surface area (Å²) in [4.78, 5) is 45.2. The molecular formula is C25H43N3O6. The third-order valence-electron chi connectivity index (χ3n) is 5.67. The molecule has 34 heavy (non-hydrogen) atoms. The van der Waals surface area contributed by atoms with Gasteiger partial charge in [-0.2, -0.15) is 0 Å². The molecule has 0 spiro atoms. The number of carbonyl (C=O) groups is 4. The van der Waals surface area contributed by atoms with Gasteiger partial charge in [-0.3, -0.25) is 4.79 Å². The molecule has 0 fully saturated rings. The highest BCUT2D eigenvalue weighted by molar-refractivity contribution is 5.92. The number of rotatable bonds is 20. The Kier molecular flexibility index (Phi) is 16.4. The van der Waals surface area contributed by atoms with Crippen molar-refractivity contribution in [3.8, 4) is 0 Å². The van der Waals surface area contributed by atoms with Crippen LogP contribution in [0.3, 0.4) is 0 Å². The summed E-state index contributed by atoms with van der Waals surface area (Å²) < 4.78 is 5.53. The second-order valence-electron chi connectivity index (χ2n) is 9.20. The van der Waals surface area contributed by atoms with Crippen molar-refractivity contribution in [2.24, 2.45) is 0 Å². The first-order valence-electron chi connectivity index (χ1n) is 12.0. The predicted molar refractivity (Wildman–Crippen MR) is 129 cm³/mol. The molecule has 1 unspecified atom stereocenters. The van der Waals surface area contributed by atoms with Crippen molar-refractivity contribution in [2.75, 3.05) is 40.3 Å². The number of quaternary nitrogens is 1. The maximum atomic E-state index is 12.2. The van der Waals surface area contributed by atoms with Gasteiger partial charge in [0.15, 0.2) is 0 Å². The zero-order chi connectivity index (χ0) is 26.0. The Hall–Kier alpha value is -2.68. The van der Waals surface area contributed by atoms with Crippen molar-refractivity contribution >= 4 is 24.1 Å². The molecule has 0 radical (unpaired) electrons. The highest BCUT2D eigenvalue weighted by Crippen LogP contribution is 2.19. The first-order valence-corrected chi connectivity index (χ1v) is 12.0. The summed E-state index contributed by atoms with van der Waals surface area (Å²) in [7, 11) is 4.01. The third-order valence-corrected chi connectivity index (χ3v) is 5.67. The second kappa shape index (κ2) is 17.8. The number of unbranched alkanes of at least 4 members (excludes halogenated alkanes) is 3. The summed E-state index contributed by atoms with van der Waals surface area (Å²) in [5.41, 5.74) is 0.904. The van der Waals surface area contributed by atoms with E-state index in [1.165, 1.54) is 0 Å². The molecular weight excluding hydrogens is 438 g/mol. The number of carbonyl (C=O) groups excluding carboxylic acids is 4. The number of carboxylic acids is 1. The van der Waals surface area contributed by atoms with Gasteiger partial charge in [0, 0.05) is 55.7 Å². The Bertz CT molecular complexity index is 703. The molecule has 1 atom stereocenters. The molecule has 0 aromatic carbocycles.